The molecule has 0 aromatic carbocycles. The van der Waals surface area contributed by atoms with Crippen molar-refractivity contribution < 1.29 is 22.8 Å². The van der Waals surface area contributed by atoms with E-state index in [0.717, 1.165) is 6.54 Å². The van der Waals surface area contributed by atoms with Crippen molar-refractivity contribution in [2.45, 2.75) is 34.3 Å². The van der Waals surface area contributed by atoms with Gasteiger partial charge in [-0.05, 0) is 25.8 Å². The number of alkyl halides is 5. The van der Waals surface area contributed by atoms with E-state index >= 15 is 0 Å². The van der Waals surface area contributed by atoms with Crippen LogP contribution in [0.15, 0.2) is 22.2 Å². The fourth-order valence-corrected chi connectivity index (χ4v) is 3.85. The van der Waals surface area contributed by atoms with Crippen LogP contribution in [-0.4, -0.2) is 50.7 Å². The van der Waals surface area contributed by atoms with Gasteiger partial charge in [-0.1, -0.05) is 69.6 Å². The van der Waals surface area contributed by atoms with Crippen LogP contribution >= 0.6 is 168 Å². The van der Waals surface area contributed by atoms with E-state index in [9.17, 15) is 4.79 Å². The van der Waals surface area contributed by atoms with E-state index in [1.807, 2.05) is 0 Å². The minimum absolute atomic E-state index is 0. The van der Waals surface area contributed by atoms with Gasteiger partial charge in [0.15, 0.2) is 4.33 Å². The Hall–Kier alpha value is 4.21. The molecule has 17 heteroatoms. The zero-order valence-corrected chi connectivity index (χ0v) is 34.6. The number of ether oxygens (including phenoxy) is 1. The zero-order chi connectivity index (χ0) is 25.4. The summed E-state index contributed by atoms with van der Waals surface area (Å²) in [5.74, 6) is -0.449. The molecule has 0 fully saturated rings. The van der Waals surface area contributed by atoms with E-state index < -0.39 is 14.1 Å². The normalized spacial score (nSPS) is 15.4. The van der Waals surface area contributed by atoms with Crippen molar-refractivity contribution in [3.63, 3.8) is 0 Å². The molecule has 0 bridgehead atoms. The summed E-state index contributed by atoms with van der Waals surface area (Å²) in [5, 5.41) is 0.381. The number of rotatable bonds is 1. The van der Waals surface area contributed by atoms with Crippen LogP contribution in [0, 0.1) is 0 Å². The van der Waals surface area contributed by atoms with Gasteiger partial charge < -0.3 is 9.72 Å². The van der Waals surface area contributed by atoms with E-state index in [1.54, 1.807) is 12.3 Å². The number of nitrogens with one attached hydrogen (secondary N) is 1. The quantitative estimate of drug-likeness (QED) is 0.183. The number of carbonyl (C=O) groups excluding carboxylic acids is 1. The first-order valence-corrected chi connectivity index (χ1v) is 29.5. The Morgan fingerprint density at radius 1 is 1.21 bits per heavy atom. The van der Waals surface area contributed by atoms with Crippen LogP contribution in [-0.2, 0) is 4.74 Å². The average molecular weight is 1260 g/mol. The number of esters is 1. The molecule has 0 unspecified atom stereocenters. The molecule has 1 aromatic heterocycles. The molecule has 0 saturated carbocycles. The Kier molecular flexibility index (Phi) is 30.4. The second-order valence-corrected chi connectivity index (χ2v) is 26.1. The maximum atomic E-state index is 10.8. The Bertz CT molecular complexity index is 732. The van der Waals surface area contributed by atoms with Crippen molar-refractivity contribution in [1.29, 1.82) is 0 Å². The number of aliphatic imine (C=N–C) groups is 2. The molecule has 0 amide bonds. The Morgan fingerprint density at radius 3 is 1.97 bits per heavy atom. The number of carbonyl (C=O) groups is 1. The van der Waals surface area contributed by atoms with Crippen LogP contribution in [0.25, 0.3) is 0 Å². The fourth-order valence-electron chi connectivity index (χ4n) is 2.13. The van der Waals surface area contributed by atoms with E-state index in [2.05, 4.69) is 101 Å². The summed E-state index contributed by atoms with van der Waals surface area (Å²) in [7, 11) is 1.31. The van der Waals surface area contributed by atoms with Gasteiger partial charge >= 0.3 is 56.5 Å². The summed E-state index contributed by atoms with van der Waals surface area (Å²) in [5.41, 5.74) is 1.84. The molecule has 2 aliphatic heterocycles. The van der Waals surface area contributed by atoms with Crippen LogP contribution < -0.4 is 13.3 Å². The van der Waals surface area contributed by atoms with Crippen molar-refractivity contribution in [3.05, 3.63) is 23.0 Å². The molecule has 1 N–H and O–H groups in total. The van der Waals surface area contributed by atoms with Gasteiger partial charge in [0.1, 0.15) is 5.69 Å². The molecule has 0 spiro atoms. The minimum atomic E-state index is -1.58. The van der Waals surface area contributed by atoms with Crippen LogP contribution in [0.5, 0.6) is 0 Å². The van der Waals surface area contributed by atoms with Crippen LogP contribution in [0.3, 0.4) is 0 Å². The monoisotopic (exact) mass is 1260 g/mol. The first kappa shape index (κ1) is 41.7. The Balaban J connectivity index is -0.000000377. The van der Waals surface area contributed by atoms with Crippen molar-refractivity contribution in [2.24, 2.45) is 9.98 Å². The van der Waals surface area contributed by atoms with Gasteiger partial charge in [-0.25, -0.2) is 4.79 Å². The standard InChI is InChI=1S/C6H6ClNO2.C5H4Cl5N.C5H9N.I3.I2.HI/c1-10-6(9)5-4(7)2-3-8-5;6-4(7)1-2-11-3(4)5(8,9)10;1-5-3-2-4-6-5;1-3-2;1-2;/h2-3,8H,1H3;1-2H2;2-4H2,1H3;;;1H/q;;;-1;;. The SMILES string of the molecule is CC1=NCCC1.COC(=O)c1[nH]ccc1Cl.ClC(Cl)(Cl)C1=NCCC1(Cl)Cl.I.II.I[I-]I. The average Bonchev–Trinajstić information content (AvgIpc) is 3.45. The number of methoxy groups -OCH3 is 1. The predicted molar refractivity (Wildman–Crippen MR) is 187 cm³/mol. The molecule has 2 aliphatic rings. The molecule has 3 heterocycles. The fraction of sp³-hybridized carbons (Fsp3) is 0.562. The molecule has 3 rings (SSSR count). The van der Waals surface area contributed by atoms with Gasteiger partial charge in [-0.15, -0.1) is 24.0 Å². The van der Waals surface area contributed by atoms with Gasteiger partial charge in [0.2, 0.25) is 3.79 Å². The molecule has 196 valence electrons. The summed E-state index contributed by atoms with van der Waals surface area (Å²) in [6.45, 7) is 3.68. The molecule has 0 aliphatic carbocycles. The van der Waals surface area contributed by atoms with Gasteiger partial charge in [0, 0.05) is 68.7 Å². The molecule has 1 aromatic rings. The van der Waals surface area contributed by atoms with Crippen molar-refractivity contribution >= 4 is 185 Å². The summed E-state index contributed by atoms with van der Waals surface area (Å²) in [6.07, 6.45) is 4.60. The first-order chi connectivity index (χ1) is 14.9. The summed E-state index contributed by atoms with van der Waals surface area (Å²) in [4.78, 5) is 21.5. The van der Waals surface area contributed by atoms with Crippen LogP contribution in [0.4, 0.5) is 0 Å². The molecule has 0 saturated heterocycles. The number of halogens is 12. The molecular formula is C16H20Cl6I6N3O2-. The van der Waals surface area contributed by atoms with Crippen molar-refractivity contribution in [2.75, 3.05) is 20.2 Å². The van der Waals surface area contributed by atoms with Crippen molar-refractivity contribution in [3.8, 4) is 0 Å². The number of H-pyrrole nitrogens is 1. The molecular weight excluding hydrogens is 1240 g/mol. The molecule has 0 radical (unpaired) electrons. The van der Waals surface area contributed by atoms with Gasteiger partial charge in [-0.2, -0.15) is 0 Å². The van der Waals surface area contributed by atoms with E-state index in [4.69, 9.17) is 69.6 Å². The zero-order valence-electron chi connectivity index (χ0n) is 17.0. The third-order valence-corrected chi connectivity index (χ3v) is 5.06. The third-order valence-electron chi connectivity index (χ3n) is 3.47. The predicted octanol–water partition coefficient (Wildman–Crippen LogP) is 7.24. The van der Waals surface area contributed by atoms with E-state index in [-0.39, 0.29) is 29.7 Å². The van der Waals surface area contributed by atoms with E-state index in [0.29, 0.717) is 36.9 Å². The Labute approximate surface area is 295 Å². The summed E-state index contributed by atoms with van der Waals surface area (Å²) < 4.78 is 1.73. The number of aromatic amines is 1. The second kappa shape index (κ2) is 24.0. The van der Waals surface area contributed by atoms with E-state index in [1.165, 1.54) is 25.7 Å². The van der Waals surface area contributed by atoms with Crippen LogP contribution in [0.2, 0.25) is 5.02 Å². The van der Waals surface area contributed by atoms with Gasteiger partial charge in [-0.3, -0.25) is 9.98 Å². The number of nitrogens with zero attached hydrogens (tertiary/aromatic N) is 2. The molecule has 33 heavy (non-hydrogen) atoms. The summed E-state index contributed by atoms with van der Waals surface area (Å²) in [6, 6.07) is 1.59. The number of hydrogen-bond acceptors (Lipinski definition) is 4. The van der Waals surface area contributed by atoms with Gasteiger partial charge in [0.25, 0.3) is 0 Å². The third kappa shape index (κ3) is 19.8. The van der Waals surface area contributed by atoms with Gasteiger partial charge in [0.05, 0.1) is 17.8 Å². The second-order valence-electron chi connectivity index (χ2n) is 5.65. The number of aromatic nitrogens is 1. The molecule has 5 nitrogen and oxygen atoms in total. The van der Waals surface area contributed by atoms with Crippen molar-refractivity contribution in [1.82, 2.24) is 4.98 Å². The number of hydrogen-bond donors (Lipinski definition) is 1. The first-order valence-electron chi connectivity index (χ1n) is 8.33. The van der Waals surface area contributed by atoms with Crippen LogP contribution in [0.1, 0.15) is 36.7 Å². The Morgan fingerprint density at radius 2 is 1.76 bits per heavy atom. The molecule has 0 atom stereocenters. The topological polar surface area (TPSA) is 66.8 Å². The summed E-state index contributed by atoms with van der Waals surface area (Å²) >= 11 is 43.4. The maximum absolute atomic E-state index is 10.8.